The molecule has 1 aliphatic heterocycles. The second-order valence-electron chi connectivity index (χ2n) is 4.93. The predicted octanol–water partition coefficient (Wildman–Crippen LogP) is 1.65. The van der Waals surface area contributed by atoms with Crippen LogP contribution in [-0.2, 0) is 14.8 Å². The van der Waals surface area contributed by atoms with Crippen molar-refractivity contribution in [3.63, 3.8) is 0 Å². The highest BCUT2D eigenvalue weighted by molar-refractivity contribution is 7.89. The monoisotopic (exact) mass is 320 g/mol. The lowest BCUT2D eigenvalue weighted by molar-refractivity contribution is -0.127. The molecule has 1 heterocycles. The molecule has 0 N–H and O–H groups in total. The quantitative estimate of drug-likeness (QED) is 0.626. The standard InChI is InChI=1S/C16H20N2O3S/c1-2-3-5-10-16(19)17-11-13-18(14-12-17)22(20,21)15-8-6-4-7-9-15/h2-10H,11-14H2,1H3. The van der Waals surface area contributed by atoms with Gasteiger partial charge in [0.25, 0.3) is 0 Å². The molecule has 0 aliphatic carbocycles. The Labute approximate surface area is 131 Å². The van der Waals surface area contributed by atoms with E-state index in [1.54, 1.807) is 47.4 Å². The molecule has 22 heavy (non-hydrogen) atoms. The van der Waals surface area contributed by atoms with E-state index in [-0.39, 0.29) is 5.91 Å². The number of amides is 1. The van der Waals surface area contributed by atoms with E-state index in [4.69, 9.17) is 0 Å². The normalized spacial score (nSPS) is 17.4. The summed E-state index contributed by atoms with van der Waals surface area (Å²) in [6.45, 7) is 3.33. The van der Waals surface area contributed by atoms with E-state index in [2.05, 4.69) is 0 Å². The Morgan fingerprint density at radius 2 is 1.68 bits per heavy atom. The van der Waals surface area contributed by atoms with Gasteiger partial charge in [-0.2, -0.15) is 4.31 Å². The maximum absolute atomic E-state index is 12.5. The molecule has 2 rings (SSSR count). The van der Waals surface area contributed by atoms with Gasteiger partial charge in [-0.25, -0.2) is 8.42 Å². The van der Waals surface area contributed by atoms with Crippen LogP contribution in [0, 0.1) is 0 Å². The van der Waals surface area contributed by atoms with Crippen molar-refractivity contribution in [1.29, 1.82) is 0 Å². The number of sulfonamides is 1. The van der Waals surface area contributed by atoms with Crippen LogP contribution in [0.5, 0.6) is 0 Å². The Morgan fingerprint density at radius 1 is 1.05 bits per heavy atom. The third-order valence-corrected chi connectivity index (χ3v) is 5.39. The maximum Gasteiger partial charge on any atom is 0.246 e. The fourth-order valence-electron chi connectivity index (χ4n) is 2.24. The molecule has 0 saturated carbocycles. The first-order valence-electron chi connectivity index (χ1n) is 7.19. The Hall–Kier alpha value is -1.92. The highest BCUT2D eigenvalue weighted by atomic mass is 32.2. The molecular formula is C16H20N2O3S. The van der Waals surface area contributed by atoms with Gasteiger partial charge in [0, 0.05) is 32.3 Å². The number of carbonyl (C=O) groups excluding carboxylic acids is 1. The summed E-state index contributed by atoms with van der Waals surface area (Å²) in [5, 5.41) is 0. The predicted molar refractivity (Wildman–Crippen MR) is 85.7 cm³/mol. The minimum absolute atomic E-state index is 0.0881. The number of hydrogen-bond acceptors (Lipinski definition) is 3. The summed E-state index contributed by atoms with van der Waals surface area (Å²) in [7, 11) is -3.47. The van der Waals surface area contributed by atoms with Gasteiger partial charge in [0.2, 0.25) is 15.9 Å². The Morgan fingerprint density at radius 3 is 2.27 bits per heavy atom. The second-order valence-corrected chi connectivity index (χ2v) is 6.87. The minimum Gasteiger partial charge on any atom is -0.337 e. The SMILES string of the molecule is CC=CC=CC(=O)N1CCN(S(=O)(=O)c2ccccc2)CC1. The van der Waals surface area contributed by atoms with Crippen LogP contribution < -0.4 is 0 Å². The van der Waals surface area contributed by atoms with Crippen molar-refractivity contribution in [2.24, 2.45) is 0 Å². The van der Waals surface area contributed by atoms with E-state index in [0.717, 1.165) is 0 Å². The van der Waals surface area contributed by atoms with Gasteiger partial charge in [-0.3, -0.25) is 4.79 Å². The van der Waals surface area contributed by atoms with Crippen molar-refractivity contribution in [1.82, 2.24) is 9.21 Å². The molecule has 0 bridgehead atoms. The summed E-state index contributed by atoms with van der Waals surface area (Å²) in [6, 6.07) is 8.38. The lowest BCUT2D eigenvalue weighted by atomic mass is 10.3. The number of piperazine rings is 1. The molecule has 1 amide bonds. The molecule has 0 atom stereocenters. The van der Waals surface area contributed by atoms with Gasteiger partial charge >= 0.3 is 0 Å². The van der Waals surface area contributed by atoms with E-state index in [0.29, 0.717) is 31.1 Å². The molecule has 1 aromatic carbocycles. The highest BCUT2D eigenvalue weighted by Crippen LogP contribution is 2.17. The molecule has 0 aromatic heterocycles. The molecule has 0 unspecified atom stereocenters. The van der Waals surface area contributed by atoms with Crippen molar-refractivity contribution in [3.8, 4) is 0 Å². The number of hydrogen-bond donors (Lipinski definition) is 0. The van der Waals surface area contributed by atoms with Crippen LogP contribution in [0.4, 0.5) is 0 Å². The molecule has 6 heteroatoms. The molecule has 118 valence electrons. The van der Waals surface area contributed by atoms with E-state index < -0.39 is 10.0 Å². The fourth-order valence-corrected chi connectivity index (χ4v) is 3.69. The number of rotatable bonds is 4. The van der Waals surface area contributed by atoms with Gasteiger partial charge in [-0.15, -0.1) is 0 Å². The highest BCUT2D eigenvalue weighted by Gasteiger charge is 2.29. The summed E-state index contributed by atoms with van der Waals surface area (Å²) in [4.78, 5) is 13.9. The van der Waals surface area contributed by atoms with Gasteiger partial charge in [0.15, 0.2) is 0 Å². The number of allylic oxidation sites excluding steroid dienone is 3. The molecule has 0 radical (unpaired) electrons. The van der Waals surface area contributed by atoms with Crippen LogP contribution in [0.2, 0.25) is 0 Å². The van der Waals surface area contributed by atoms with Gasteiger partial charge < -0.3 is 4.90 Å². The number of carbonyl (C=O) groups is 1. The number of benzene rings is 1. The van der Waals surface area contributed by atoms with Gasteiger partial charge in [0.1, 0.15) is 0 Å². The van der Waals surface area contributed by atoms with Crippen molar-refractivity contribution < 1.29 is 13.2 Å². The summed E-state index contributed by atoms with van der Waals surface area (Å²) in [5.74, 6) is -0.0881. The van der Waals surface area contributed by atoms with Gasteiger partial charge in [-0.05, 0) is 19.1 Å². The van der Waals surface area contributed by atoms with Crippen molar-refractivity contribution in [3.05, 3.63) is 54.6 Å². The van der Waals surface area contributed by atoms with E-state index in [9.17, 15) is 13.2 Å². The smallest absolute Gasteiger partial charge is 0.246 e. The van der Waals surface area contributed by atoms with Crippen molar-refractivity contribution in [2.75, 3.05) is 26.2 Å². The summed E-state index contributed by atoms with van der Waals surface area (Å²) < 4.78 is 26.4. The average Bonchev–Trinajstić information content (AvgIpc) is 2.56. The minimum atomic E-state index is -3.47. The first-order chi connectivity index (χ1) is 10.6. The largest absolute Gasteiger partial charge is 0.337 e. The molecule has 1 aliphatic rings. The van der Waals surface area contributed by atoms with Crippen LogP contribution in [0.15, 0.2) is 59.5 Å². The van der Waals surface area contributed by atoms with E-state index in [1.165, 1.54) is 10.4 Å². The summed E-state index contributed by atoms with van der Waals surface area (Å²) >= 11 is 0. The van der Waals surface area contributed by atoms with Crippen LogP contribution in [0.1, 0.15) is 6.92 Å². The maximum atomic E-state index is 12.5. The van der Waals surface area contributed by atoms with Crippen LogP contribution in [0.25, 0.3) is 0 Å². The van der Waals surface area contributed by atoms with Gasteiger partial charge in [0.05, 0.1) is 4.90 Å². The lowest BCUT2D eigenvalue weighted by Gasteiger charge is -2.33. The number of nitrogens with zero attached hydrogens (tertiary/aromatic N) is 2. The molecule has 1 aromatic rings. The summed E-state index contributed by atoms with van der Waals surface area (Å²) in [6.07, 6.45) is 6.82. The molecule has 5 nitrogen and oxygen atoms in total. The van der Waals surface area contributed by atoms with Crippen LogP contribution >= 0.6 is 0 Å². The molecule has 1 fully saturated rings. The second kappa shape index (κ2) is 7.38. The van der Waals surface area contributed by atoms with Crippen LogP contribution in [0.3, 0.4) is 0 Å². The third kappa shape index (κ3) is 3.84. The molecule has 1 saturated heterocycles. The third-order valence-electron chi connectivity index (χ3n) is 3.47. The summed E-state index contributed by atoms with van der Waals surface area (Å²) in [5.41, 5.74) is 0. The zero-order valence-electron chi connectivity index (χ0n) is 12.6. The van der Waals surface area contributed by atoms with Crippen LogP contribution in [-0.4, -0.2) is 49.7 Å². The lowest BCUT2D eigenvalue weighted by Crippen LogP contribution is -2.50. The van der Waals surface area contributed by atoms with E-state index in [1.807, 2.05) is 13.0 Å². The molecular weight excluding hydrogens is 300 g/mol. The Kier molecular flexibility index (Phi) is 5.51. The van der Waals surface area contributed by atoms with E-state index >= 15 is 0 Å². The first kappa shape index (κ1) is 16.5. The Bertz CT molecular complexity index is 658. The topological polar surface area (TPSA) is 57.7 Å². The fraction of sp³-hybridized carbons (Fsp3) is 0.312. The first-order valence-corrected chi connectivity index (χ1v) is 8.63. The van der Waals surface area contributed by atoms with Gasteiger partial charge in [-0.1, -0.05) is 36.4 Å². The van der Waals surface area contributed by atoms with Crippen molar-refractivity contribution in [2.45, 2.75) is 11.8 Å². The molecule has 0 spiro atoms. The zero-order chi connectivity index (χ0) is 16.0. The Balaban J connectivity index is 1.99. The van der Waals surface area contributed by atoms with Crippen molar-refractivity contribution >= 4 is 15.9 Å². The zero-order valence-corrected chi connectivity index (χ0v) is 13.4. The average molecular weight is 320 g/mol.